The van der Waals surface area contributed by atoms with E-state index in [2.05, 4.69) is 9.71 Å². The van der Waals surface area contributed by atoms with Crippen molar-refractivity contribution in [3.05, 3.63) is 51.7 Å². The van der Waals surface area contributed by atoms with E-state index in [9.17, 15) is 8.42 Å². The molecular weight excluding hydrogens is 348 g/mol. The maximum absolute atomic E-state index is 12.5. The first-order valence-corrected chi connectivity index (χ1v) is 10.3. The monoisotopic (exact) mass is 364 g/mol. The van der Waals surface area contributed by atoms with E-state index < -0.39 is 10.0 Å². The SMILES string of the molecule is CCc1ccc(S(=O)(=O)Nc2cccc(-c3csc(C)n3)c2)s1. The molecule has 3 rings (SSSR count). The van der Waals surface area contributed by atoms with Crippen LogP contribution >= 0.6 is 22.7 Å². The highest BCUT2D eigenvalue weighted by molar-refractivity contribution is 7.94. The number of thiazole rings is 1. The number of benzene rings is 1. The minimum atomic E-state index is -3.55. The molecule has 0 unspecified atom stereocenters. The Balaban J connectivity index is 1.88. The van der Waals surface area contributed by atoms with Gasteiger partial charge < -0.3 is 0 Å². The van der Waals surface area contributed by atoms with Crippen molar-refractivity contribution in [3.8, 4) is 11.3 Å². The lowest BCUT2D eigenvalue weighted by Crippen LogP contribution is -2.11. The quantitative estimate of drug-likeness (QED) is 0.723. The highest BCUT2D eigenvalue weighted by Crippen LogP contribution is 2.27. The Morgan fingerprint density at radius 3 is 2.70 bits per heavy atom. The highest BCUT2D eigenvalue weighted by Gasteiger charge is 2.17. The molecule has 3 aromatic rings. The number of hydrogen-bond donors (Lipinski definition) is 1. The molecule has 1 aromatic carbocycles. The normalized spacial score (nSPS) is 11.6. The number of thiophene rings is 1. The third-order valence-electron chi connectivity index (χ3n) is 3.28. The van der Waals surface area contributed by atoms with E-state index in [4.69, 9.17) is 0 Å². The molecule has 0 fully saturated rings. The van der Waals surface area contributed by atoms with Gasteiger partial charge in [0.2, 0.25) is 0 Å². The summed E-state index contributed by atoms with van der Waals surface area (Å²) in [5.74, 6) is 0. The van der Waals surface area contributed by atoms with Gasteiger partial charge in [-0.2, -0.15) is 0 Å². The van der Waals surface area contributed by atoms with Crippen LogP contribution in [-0.4, -0.2) is 13.4 Å². The summed E-state index contributed by atoms with van der Waals surface area (Å²) in [6.07, 6.45) is 0.832. The largest absolute Gasteiger partial charge is 0.279 e. The van der Waals surface area contributed by atoms with Gasteiger partial charge in [0, 0.05) is 21.5 Å². The predicted molar refractivity (Wildman–Crippen MR) is 96.8 cm³/mol. The Bertz CT molecular complexity index is 926. The van der Waals surface area contributed by atoms with Crippen molar-refractivity contribution < 1.29 is 8.42 Å². The Morgan fingerprint density at radius 2 is 2.04 bits per heavy atom. The van der Waals surface area contributed by atoms with E-state index in [1.54, 1.807) is 29.5 Å². The molecule has 0 saturated carbocycles. The summed E-state index contributed by atoms with van der Waals surface area (Å²) >= 11 is 2.87. The van der Waals surface area contributed by atoms with Crippen LogP contribution in [0, 0.1) is 6.92 Å². The molecule has 0 bridgehead atoms. The topological polar surface area (TPSA) is 59.1 Å². The maximum atomic E-state index is 12.5. The molecule has 0 aliphatic rings. The Labute approximate surface area is 143 Å². The van der Waals surface area contributed by atoms with Crippen molar-refractivity contribution in [2.24, 2.45) is 0 Å². The fourth-order valence-corrected chi connectivity index (χ4v) is 5.10. The molecular formula is C16H16N2O2S3. The van der Waals surface area contributed by atoms with Crippen molar-refractivity contribution >= 4 is 38.4 Å². The number of aromatic nitrogens is 1. The zero-order valence-corrected chi connectivity index (χ0v) is 15.2. The Morgan fingerprint density at radius 1 is 1.22 bits per heavy atom. The molecule has 7 heteroatoms. The molecule has 0 aliphatic carbocycles. The van der Waals surface area contributed by atoms with Gasteiger partial charge >= 0.3 is 0 Å². The van der Waals surface area contributed by atoms with Crippen molar-refractivity contribution in [1.29, 1.82) is 0 Å². The molecule has 23 heavy (non-hydrogen) atoms. The molecule has 4 nitrogen and oxygen atoms in total. The van der Waals surface area contributed by atoms with Crippen LogP contribution in [0.4, 0.5) is 5.69 Å². The van der Waals surface area contributed by atoms with Crippen LogP contribution in [-0.2, 0) is 16.4 Å². The Kier molecular flexibility index (Phi) is 4.52. The highest BCUT2D eigenvalue weighted by atomic mass is 32.2. The molecule has 1 N–H and O–H groups in total. The third-order valence-corrected chi connectivity index (χ3v) is 7.16. The van der Waals surface area contributed by atoms with E-state index in [0.717, 1.165) is 27.6 Å². The summed E-state index contributed by atoms with van der Waals surface area (Å²) in [5, 5.41) is 2.95. The van der Waals surface area contributed by atoms with Crippen molar-refractivity contribution in [1.82, 2.24) is 4.98 Å². The van der Waals surface area contributed by atoms with Crippen molar-refractivity contribution in [2.75, 3.05) is 4.72 Å². The van der Waals surface area contributed by atoms with Crippen molar-refractivity contribution in [3.63, 3.8) is 0 Å². The molecule has 2 aromatic heterocycles. The summed E-state index contributed by atoms with van der Waals surface area (Å²) < 4.78 is 27.9. The zero-order chi connectivity index (χ0) is 16.4. The third kappa shape index (κ3) is 3.63. The van der Waals surface area contributed by atoms with Crippen LogP contribution in [0.15, 0.2) is 46.0 Å². The Hall–Kier alpha value is -1.70. The molecule has 0 spiro atoms. The molecule has 2 heterocycles. The van der Waals surface area contributed by atoms with E-state index in [1.165, 1.54) is 11.3 Å². The minimum absolute atomic E-state index is 0.337. The van der Waals surface area contributed by atoms with Gasteiger partial charge in [-0.3, -0.25) is 4.72 Å². The van der Waals surface area contributed by atoms with E-state index >= 15 is 0 Å². The average molecular weight is 365 g/mol. The van der Waals surface area contributed by atoms with E-state index in [1.807, 2.05) is 37.4 Å². The van der Waals surface area contributed by atoms with Crippen LogP contribution in [0.25, 0.3) is 11.3 Å². The van der Waals surface area contributed by atoms with Crippen LogP contribution in [0.2, 0.25) is 0 Å². The van der Waals surface area contributed by atoms with Gasteiger partial charge in [-0.1, -0.05) is 19.1 Å². The number of aryl methyl sites for hydroxylation is 2. The lowest BCUT2D eigenvalue weighted by Gasteiger charge is -2.07. The molecule has 0 amide bonds. The first-order valence-electron chi connectivity index (χ1n) is 7.12. The number of hydrogen-bond acceptors (Lipinski definition) is 5. The summed E-state index contributed by atoms with van der Waals surface area (Å²) in [6, 6.07) is 10.8. The predicted octanol–water partition coefficient (Wildman–Crippen LogP) is 4.54. The lowest BCUT2D eigenvalue weighted by molar-refractivity contribution is 0.603. The van der Waals surface area contributed by atoms with Gasteiger partial charge in [0.05, 0.1) is 10.7 Å². The summed E-state index contributed by atoms with van der Waals surface area (Å²) in [7, 11) is -3.55. The number of nitrogens with zero attached hydrogens (tertiary/aromatic N) is 1. The number of rotatable bonds is 5. The standard InChI is InChI=1S/C16H16N2O2S3/c1-3-14-7-8-16(22-14)23(19,20)18-13-6-4-5-12(9-13)15-10-21-11(2)17-15/h4-10,18H,3H2,1-2H3. The van der Waals surface area contributed by atoms with Crippen LogP contribution in [0.3, 0.4) is 0 Å². The van der Waals surface area contributed by atoms with Crippen LogP contribution in [0.1, 0.15) is 16.8 Å². The van der Waals surface area contributed by atoms with Gasteiger partial charge in [-0.25, -0.2) is 13.4 Å². The molecule has 0 radical (unpaired) electrons. The average Bonchev–Trinajstić information content (AvgIpc) is 3.16. The fraction of sp³-hybridized carbons (Fsp3) is 0.188. The number of sulfonamides is 1. The summed E-state index contributed by atoms with van der Waals surface area (Å²) in [5.41, 5.74) is 2.30. The fourth-order valence-electron chi connectivity index (χ4n) is 2.14. The van der Waals surface area contributed by atoms with Gasteiger partial charge in [-0.05, 0) is 37.6 Å². The molecule has 120 valence electrons. The van der Waals surface area contributed by atoms with Crippen LogP contribution in [0.5, 0.6) is 0 Å². The second-order valence-electron chi connectivity index (χ2n) is 5.01. The summed E-state index contributed by atoms with van der Waals surface area (Å²) in [4.78, 5) is 5.49. The smallest absolute Gasteiger partial charge is 0.271 e. The molecule has 0 saturated heterocycles. The number of nitrogens with one attached hydrogen (secondary N) is 1. The minimum Gasteiger partial charge on any atom is -0.279 e. The van der Waals surface area contributed by atoms with Crippen LogP contribution < -0.4 is 4.72 Å². The van der Waals surface area contributed by atoms with Gasteiger partial charge in [0.15, 0.2) is 0 Å². The van der Waals surface area contributed by atoms with E-state index in [0.29, 0.717) is 9.90 Å². The van der Waals surface area contributed by atoms with Crippen molar-refractivity contribution in [2.45, 2.75) is 24.5 Å². The first kappa shape index (κ1) is 16.2. The van der Waals surface area contributed by atoms with Gasteiger partial charge in [-0.15, -0.1) is 22.7 Å². The first-order chi connectivity index (χ1) is 11.0. The summed E-state index contributed by atoms with van der Waals surface area (Å²) in [6.45, 7) is 3.96. The van der Waals surface area contributed by atoms with Gasteiger partial charge in [0.25, 0.3) is 10.0 Å². The van der Waals surface area contributed by atoms with E-state index in [-0.39, 0.29) is 0 Å². The molecule has 0 aliphatic heterocycles. The lowest BCUT2D eigenvalue weighted by atomic mass is 10.1. The second kappa shape index (κ2) is 6.43. The molecule has 0 atom stereocenters. The number of anilines is 1. The zero-order valence-electron chi connectivity index (χ0n) is 12.7. The maximum Gasteiger partial charge on any atom is 0.271 e. The van der Waals surface area contributed by atoms with Gasteiger partial charge in [0.1, 0.15) is 4.21 Å². The second-order valence-corrected chi connectivity index (χ2v) is 9.15.